The van der Waals surface area contributed by atoms with Gasteiger partial charge in [0.15, 0.2) is 0 Å². The van der Waals surface area contributed by atoms with E-state index in [0.29, 0.717) is 27.3 Å². The minimum Gasteiger partial charge on any atom is -0.485 e. The zero-order valence-corrected chi connectivity index (χ0v) is 20.7. The smallest absolute Gasteiger partial charge is 0.258 e. The molecule has 1 heterocycles. The third-order valence-electron chi connectivity index (χ3n) is 5.75. The molecule has 180 valence electrons. The van der Waals surface area contributed by atoms with Crippen LogP contribution in [0.3, 0.4) is 0 Å². The molecule has 1 aliphatic heterocycles. The highest BCUT2D eigenvalue weighted by molar-refractivity contribution is 7.73. The van der Waals surface area contributed by atoms with E-state index in [0.717, 1.165) is 0 Å². The number of aliphatic hydroxyl groups excluding tert-OH is 1. The lowest BCUT2D eigenvalue weighted by atomic mass is 9.86. The summed E-state index contributed by atoms with van der Waals surface area (Å²) in [4.78, 5) is 14.8. The minimum absolute atomic E-state index is 0.0863. The van der Waals surface area contributed by atoms with Crippen LogP contribution in [0.15, 0.2) is 77.8 Å². The molecular weight excluding hydrogens is 487 g/mol. The fourth-order valence-corrected chi connectivity index (χ4v) is 5.47. The molecule has 0 amide bonds. The van der Waals surface area contributed by atoms with Gasteiger partial charge in [0, 0.05) is 26.9 Å². The second-order valence-corrected chi connectivity index (χ2v) is 11.2. The standard InChI is InChI=1S/C25H24ClN4O4P/c1-25(2)23(31)22(30-24(28-15-27)29-17-10-8-16(26)9-11-17)20-14-19(12-13-21(20)34-25)35(32,33)18-6-4-3-5-7-18/h3-14,22-23,31H,1-2H3,(H,32,33)(H2,28,29,30). The van der Waals surface area contributed by atoms with Crippen LogP contribution in [0, 0.1) is 11.5 Å². The fourth-order valence-electron chi connectivity index (χ4n) is 3.87. The first-order valence-electron chi connectivity index (χ1n) is 10.8. The molecule has 1 aliphatic rings. The van der Waals surface area contributed by atoms with Crippen molar-refractivity contribution in [2.45, 2.75) is 31.6 Å². The van der Waals surface area contributed by atoms with Crippen LogP contribution >= 0.6 is 19.0 Å². The number of nitrogens with zero attached hydrogens (tertiary/aromatic N) is 2. The number of fused-ring (bicyclic) bond motifs is 1. The Labute approximate surface area is 208 Å². The highest BCUT2D eigenvalue weighted by Gasteiger charge is 2.44. The Kier molecular flexibility index (Phi) is 6.88. The van der Waals surface area contributed by atoms with Crippen molar-refractivity contribution < 1.29 is 19.3 Å². The van der Waals surface area contributed by atoms with E-state index in [1.807, 2.05) is 0 Å². The summed E-state index contributed by atoms with van der Waals surface area (Å²) in [5.41, 5.74) is 0.0877. The molecule has 0 aliphatic carbocycles. The largest absolute Gasteiger partial charge is 0.485 e. The highest BCUT2D eigenvalue weighted by atomic mass is 35.5. The maximum atomic E-state index is 13.4. The van der Waals surface area contributed by atoms with Crippen molar-refractivity contribution in [3.8, 4) is 11.9 Å². The van der Waals surface area contributed by atoms with Crippen LogP contribution in [0.25, 0.3) is 0 Å². The molecule has 0 saturated heterocycles. The van der Waals surface area contributed by atoms with Crippen molar-refractivity contribution in [2.24, 2.45) is 4.99 Å². The Morgan fingerprint density at radius 2 is 1.80 bits per heavy atom. The second kappa shape index (κ2) is 9.73. The second-order valence-electron chi connectivity index (χ2n) is 8.60. The van der Waals surface area contributed by atoms with E-state index in [9.17, 15) is 19.8 Å². The summed E-state index contributed by atoms with van der Waals surface area (Å²) >= 11 is 5.95. The summed E-state index contributed by atoms with van der Waals surface area (Å²) in [5, 5.41) is 27.5. The molecule has 0 saturated carbocycles. The van der Waals surface area contributed by atoms with E-state index in [1.54, 1.807) is 92.8 Å². The average Bonchev–Trinajstić information content (AvgIpc) is 2.83. The van der Waals surface area contributed by atoms with Crippen molar-refractivity contribution in [3.05, 3.63) is 83.4 Å². The lowest BCUT2D eigenvalue weighted by Gasteiger charge is -2.42. The van der Waals surface area contributed by atoms with Gasteiger partial charge in [-0.25, -0.2) is 0 Å². The number of rotatable bonds is 4. The summed E-state index contributed by atoms with van der Waals surface area (Å²) in [5.74, 6) is 0.528. The Bertz CT molecular complexity index is 1340. The fraction of sp³-hybridized carbons (Fsp3) is 0.200. The van der Waals surface area contributed by atoms with Gasteiger partial charge in [0.25, 0.3) is 7.37 Å². The Morgan fingerprint density at radius 3 is 2.46 bits per heavy atom. The van der Waals surface area contributed by atoms with E-state index in [1.165, 1.54) is 0 Å². The van der Waals surface area contributed by atoms with E-state index in [2.05, 4.69) is 15.6 Å². The molecule has 4 rings (SSSR count). The molecule has 35 heavy (non-hydrogen) atoms. The lowest BCUT2D eigenvalue weighted by Crippen LogP contribution is -2.54. The molecule has 3 aromatic rings. The van der Waals surface area contributed by atoms with Crippen LogP contribution in [-0.2, 0) is 4.57 Å². The predicted octanol–water partition coefficient (Wildman–Crippen LogP) is 3.67. The van der Waals surface area contributed by atoms with Crippen LogP contribution in [0.2, 0.25) is 5.02 Å². The van der Waals surface area contributed by atoms with Crippen molar-refractivity contribution in [1.82, 2.24) is 5.32 Å². The third-order valence-corrected chi connectivity index (χ3v) is 7.97. The zero-order chi connectivity index (χ0) is 25.2. The van der Waals surface area contributed by atoms with Crippen molar-refractivity contribution in [2.75, 3.05) is 5.32 Å². The van der Waals surface area contributed by atoms with Crippen molar-refractivity contribution in [3.63, 3.8) is 0 Å². The highest BCUT2D eigenvalue weighted by Crippen LogP contribution is 2.44. The van der Waals surface area contributed by atoms with Crippen LogP contribution in [0.1, 0.15) is 25.5 Å². The molecule has 4 N–H and O–H groups in total. The molecule has 3 aromatic carbocycles. The Morgan fingerprint density at radius 1 is 1.11 bits per heavy atom. The van der Waals surface area contributed by atoms with Gasteiger partial charge in [0.05, 0.1) is 6.04 Å². The Hall–Kier alpha value is -3.34. The maximum Gasteiger partial charge on any atom is 0.258 e. The lowest BCUT2D eigenvalue weighted by molar-refractivity contribution is -0.0610. The monoisotopic (exact) mass is 510 g/mol. The number of halogens is 1. The normalized spacial score (nSPS) is 20.5. The summed E-state index contributed by atoms with van der Waals surface area (Å²) in [7, 11) is -3.90. The number of hydrogen-bond donors (Lipinski definition) is 4. The van der Waals surface area contributed by atoms with Gasteiger partial charge in [0.2, 0.25) is 12.2 Å². The quantitative estimate of drug-likeness (QED) is 0.182. The van der Waals surface area contributed by atoms with Gasteiger partial charge >= 0.3 is 0 Å². The first-order valence-corrected chi connectivity index (χ1v) is 12.8. The van der Waals surface area contributed by atoms with Gasteiger partial charge in [-0.1, -0.05) is 29.8 Å². The molecule has 0 spiro atoms. The number of guanidine groups is 1. The summed E-state index contributed by atoms with van der Waals surface area (Å²) in [6.45, 7) is 3.47. The molecule has 0 radical (unpaired) electrons. The van der Waals surface area contributed by atoms with Crippen LogP contribution in [0.5, 0.6) is 5.75 Å². The molecule has 0 bridgehead atoms. The molecule has 3 atom stereocenters. The van der Waals surface area contributed by atoms with Crippen LogP contribution < -0.4 is 26.0 Å². The number of nitrogens with one attached hydrogen (secondary N) is 2. The Balaban J connectivity index is 1.73. The van der Waals surface area contributed by atoms with Gasteiger partial charge in [-0.05, 0) is 68.4 Å². The van der Waals surface area contributed by atoms with Crippen LogP contribution in [0.4, 0.5) is 5.69 Å². The maximum absolute atomic E-state index is 13.4. The molecular formula is C25H24ClN4O4P. The zero-order valence-electron chi connectivity index (χ0n) is 19.0. The predicted molar refractivity (Wildman–Crippen MR) is 137 cm³/mol. The summed E-state index contributed by atoms with van der Waals surface area (Å²) in [6, 6.07) is 19.1. The van der Waals surface area contributed by atoms with Crippen molar-refractivity contribution in [1.29, 1.82) is 5.26 Å². The number of ether oxygens (including phenoxy) is 1. The minimum atomic E-state index is -3.90. The number of anilines is 1. The number of benzene rings is 3. The van der Waals surface area contributed by atoms with E-state index in [-0.39, 0.29) is 11.3 Å². The van der Waals surface area contributed by atoms with E-state index in [4.69, 9.17) is 16.3 Å². The van der Waals surface area contributed by atoms with Crippen molar-refractivity contribution >= 4 is 41.2 Å². The average molecular weight is 511 g/mol. The van der Waals surface area contributed by atoms with E-state index >= 15 is 0 Å². The van der Waals surface area contributed by atoms with Gasteiger partial charge in [-0.3, -0.25) is 4.57 Å². The molecule has 10 heteroatoms. The van der Waals surface area contributed by atoms with Gasteiger partial charge in [0.1, 0.15) is 17.5 Å². The van der Waals surface area contributed by atoms with Crippen LogP contribution in [-0.4, -0.2) is 27.7 Å². The first-order chi connectivity index (χ1) is 16.6. The van der Waals surface area contributed by atoms with Gasteiger partial charge < -0.3 is 25.4 Å². The third kappa shape index (κ3) is 5.19. The SMILES string of the molecule is CC1(C)Oc2ccc(P(=O)(O)c3ccccc3)cc2C(N/C(=N\C#N)Nc2ccc(Cl)cc2)C1O. The number of aliphatic imine (C=N–C) groups is 1. The topological polar surface area (TPSA) is 127 Å². The van der Waals surface area contributed by atoms with Gasteiger partial charge in [-0.2, -0.15) is 5.26 Å². The molecule has 8 nitrogen and oxygen atoms in total. The first kappa shape index (κ1) is 24.8. The molecule has 3 unspecified atom stereocenters. The number of nitriles is 1. The molecule has 0 aromatic heterocycles. The van der Waals surface area contributed by atoms with Gasteiger partial charge in [-0.15, -0.1) is 4.99 Å². The summed E-state index contributed by atoms with van der Waals surface area (Å²) < 4.78 is 19.4. The molecule has 0 fully saturated rings. The number of aliphatic hydroxyl groups is 1. The van der Waals surface area contributed by atoms with E-state index < -0.39 is 25.1 Å². The number of hydrogen-bond acceptors (Lipinski definition) is 5. The summed E-state index contributed by atoms with van der Waals surface area (Å²) in [6.07, 6.45) is 0.658.